The summed E-state index contributed by atoms with van der Waals surface area (Å²) in [5.41, 5.74) is 0. The molecule has 0 aromatic carbocycles. The summed E-state index contributed by atoms with van der Waals surface area (Å²) in [4.78, 5) is 0. The molecular weight excluding hydrogens is 166 g/mol. The Morgan fingerprint density at radius 2 is 2.08 bits per heavy atom. The normalized spacial score (nSPS) is 19.8. The molecule has 12 heavy (non-hydrogen) atoms. The van der Waals surface area contributed by atoms with Crippen molar-refractivity contribution in [2.75, 3.05) is 24.6 Å². The zero-order valence-corrected chi connectivity index (χ0v) is 8.96. The van der Waals surface area contributed by atoms with Crippen LogP contribution >= 0.6 is 11.8 Å². The van der Waals surface area contributed by atoms with Gasteiger partial charge < -0.3 is 5.32 Å². The maximum atomic E-state index is 3.41. The quantitative estimate of drug-likeness (QED) is 0.664. The molecule has 0 saturated carbocycles. The number of hydrogen-bond donors (Lipinski definition) is 1. The molecule has 0 aromatic heterocycles. The minimum atomic E-state index is 1.03. The number of rotatable bonds is 5. The predicted molar refractivity (Wildman–Crippen MR) is 57.8 cm³/mol. The van der Waals surface area contributed by atoms with Crippen LogP contribution in [0.4, 0.5) is 0 Å². The van der Waals surface area contributed by atoms with Crippen LogP contribution in [0.3, 0.4) is 0 Å². The van der Waals surface area contributed by atoms with Gasteiger partial charge in [-0.1, -0.05) is 6.92 Å². The molecule has 1 N–H and O–H groups in total. The molecular formula is C10H21NS. The molecule has 72 valence electrons. The molecule has 0 amide bonds. The lowest BCUT2D eigenvalue weighted by atomic mass is 9.94. The Labute approximate surface area is 80.7 Å². The van der Waals surface area contributed by atoms with Gasteiger partial charge >= 0.3 is 0 Å². The fraction of sp³-hybridized carbons (Fsp3) is 1.00. The molecule has 0 atom stereocenters. The molecule has 1 nitrogen and oxygen atoms in total. The molecule has 1 rings (SSSR count). The average Bonchev–Trinajstić information content (AvgIpc) is 2.14. The Morgan fingerprint density at radius 3 is 2.75 bits per heavy atom. The summed E-state index contributed by atoms with van der Waals surface area (Å²) < 4.78 is 0. The van der Waals surface area contributed by atoms with Crippen molar-refractivity contribution in [2.45, 2.75) is 32.6 Å². The highest BCUT2D eigenvalue weighted by molar-refractivity contribution is 7.99. The lowest BCUT2D eigenvalue weighted by molar-refractivity contribution is 0.352. The summed E-state index contributed by atoms with van der Waals surface area (Å²) >= 11 is 2.08. The molecule has 1 saturated heterocycles. The maximum Gasteiger partial charge on any atom is -0.00463 e. The summed E-state index contributed by atoms with van der Waals surface area (Å²) in [7, 11) is 0. The SMILES string of the molecule is CCSCCCC1CCNCC1. The zero-order chi connectivity index (χ0) is 8.65. The molecule has 2 heteroatoms. The van der Waals surface area contributed by atoms with Crippen LogP contribution < -0.4 is 5.32 Å². The second-order valence-corrected chi connectivity index (χ2v) is 4.93. The van der Waals surface area contributed by atoms with Crippen LogP contribution in [-0.2, 0) is 0 Å². The largest absolute Gasteiger partial charge is 0.317 e. The number of nitrogens with one attached hydrogen (secondary N) is 1. The Morgan fingerprint density at radius 1 is 1.33 bits per heavy atom. The smallest absolute Gasteiger partial charge is 0.00463 e. The highest BCUT2D eigenvalue weighted by Gasteiger charge is 2.11. The average molecular weight is 187 g/mol. The van der Waals surface area contributed by atoms with E-state index >= 15 is 0 Å². The third-order valence-corrected chi connectivity index (χ3v) is 3.55. The first-order valence-electron chi connectivity index (χ1n) is 5.22. The van der Waals surface area contributed by atoms with Crippen molar-refractivity contribution < 1.29 is 0 Å². The van der Waals surface area contributed by atoms with E-state index in [0.717, 1.165) is 5.92 Å². The highest BCUT2D eigenvalue weighted by Crippen LogP contribution is 2.18. The Balaban J connectivity index is 1.91. The van der Waals surface area contributed by atoms with Gasteiger partial charge in [-0.15, -0.1) is 0 Å². The first-order valence-corrected chi connectivity index (χ1v) is 6.37. The second kappa shape index (κ2) is 6.79. The molecule has 1 heterocycles. The van der Waals surface area contributed by atoms with Gasteiger partial charge in [0.1, 0.15) is 0 Å². The topological polar surface area (TPSA) is 12.0 Å². The molecule has 0 radical (unpaired) electrons. The van der Waals surface area contributed by atoms with Crippen LogP contribution in [0, 0.1) is 5.92 Å². The van der Waals surface area contributed by atoms with Gasteiger partial charge in [0.05, 0.1) is 0 Å². The van der Waals surface area contributed by atoms with Crippen LogP contribution in [0.1, 0.15) is 32.6 Å². The van der Waals surface area contributed by atoms with E-state index in [-0.39, 0.29) is 0 Å². The monoisotopic (exact) mass is 187 g/mol. The summed E-state index contributed by atoms with van der Waals surface area (Å²) in [6, 6.07) is 0. The number of hydrogen-bond acceptors (Lipinski definition) is 2. The van der Waals surface area contributed by atoms with E-state index in [1.165, 1.54) is 50.3 Å². The Kier molecular flexibility index (Phi) is 5.88. The molecule has 1 fully saturated rings. The van der Waals surface area contributed by atoms with Crippen LogP contribution in [-0.4, -0.2) is 24.6 Å². The zero-order valence-electron chi connectivity index (χ0n) is 8.14. The molecule has 0 unspecified atom stereocenters. The van der Waals surface area contributed by atoms with Crippen molar-refractivity contribution >= 4 is 11.8 Å². The summed E-state index contributed by atoms with van der Waals surface area (Å²) in [6.07, 6.45) is 5.73. The van der Waals surface area contributed by atoms with E-state index < -0.39 is 0 Å². The Bertz CT molecular complexity index is 100. The van der Waals surface area contributed by atoms with Gasteiger partial charge in [-0.2, -0.15) is 11.8 Å². The predicted octanol–water partition coefficient (Wildman–Crippen LogP) is 2.52. The van der Waals surface area contributed by atoms with E-state index in [1.807, 2.05) is 0 Å². The third-order valence-electron chi connectivity index (χ3n) is 2.56. The standard InChI is InChI=1S/C10H21NS/c1-2-12-9-3-4-10-5-7-11-8-6-10/h10-11H,2-9H2,1H3. The van der Waals surface area contributed by atoms with E-state index in [1.54, 1.807) is 0 Å². The second-order valence-electron chi connectivity index (χ2n) is 3.53. The minimum absolute atomic E-state index is 1.03. The van der Waals surface area contributed by atoms with Crippen molar-refractivity contribution in [3.05, 3.63) is 0 Å². The summed E-state index contributed by atoms with van der Waals surface area (Å²) in [6.45, 7) is 4.76. The highest BCUT2D eigenvalue weighted by atomic mass is 32.2. The Hall–Kier alpha value is 0.310. The molecule has 0 bridgehead atoms. The van der Waals surface area contributed by atoms with Gasteiger partial charge in [0.15, 0.2) is 0 Å². The molecule has 0 spiro atoms. The van der Waals surface area contributed by atoms with Crippen LogP contribution in [0.25, 0.3) is 0 Å². The minimum Gasteiger partial charge on any atom is -0.317 e. The molecule has 1 aliphatic heterocycles. The molecule has 1 aliphatic rings. The van der Waals surface area contributed by atoms with E-state index in [9.17, 15) is 0 Å². The van der Waals surface area contributed by atoms with Gasteiger partial charge in [0, 0.05) is 0 Å². The van der Waals surface area contributed by atoms with Crippen molar-refractivity contribution in [1.29, 1.82) is 0 Å². The van der Waals surface area contributed by atoms with Crippen molar-refractivity contribution in [1.82, 2.24) is 5.32 Å². The van der Waals surface area contributed by atoms with Crippen LogP contribution in [0.5, 0.6) is 0 Å². The van der Waals surface area contributed by atoms with Crippen LogP contribution in [0.15, 0.2) is 0 Å². The fourth-order valence-corrected chi connectivity index (χ4v) is 2.45. The molecule has 0 aliphatic carbocycles. The molecule has 0 aromatic rings. The van der Waals surface area contributed by atoms with E-state index in [2.05, 4.69) is 24.0 Å². The number of thioether (sulfide) groups is 1. The number of piperidine rings is 1. The van der Waals surface area contributed by atoms with Crippen molar-refractivity contribution in [3.63, 3.8) is 0 Å². The van der Waals surface area contributed by atoms with E-state index in [4.69, 9.17) is 0 Å². The van der Waals surface area contributed by atoms with Gasteiger partial charge in [0.2, 0.25) is 0 Å². The van der Waals surface area contributed by atoms with Crippen molar-refractivity contribution in [2.24, 2.45) is 5.92 Å². The van der Waals surface area contributed by atoms with Gasteiger partial charge in [-0.3, -0.25) is 0 Å². The fourth-order valence-electron chi connectivity index (χ4n) is 1.79. The maximum absolute atomic E-state index is 3.41. The van der Waals surface area contributed by atoms with Gasteiger partial charge in [0.25, 0.3) is 0 Å². The first kappa shape index (κ1) is 10.4. The lowest BCUT2D eigenvalue weighted by Gasteiger charge is -2.22. The van der Waals surface area contributed by atoms with E-state index in [0.29, 0.717) is 0 Å². The van der Waals surface area contributed by atoms with Gasteiger partial charge in [-0.05, 0) is 56.2 Å². The lowest BCUT2D eigenvalue weighted by Crippen LogP contribution is -2.27. The first-order chi connectivity index (χ1) is 5.93. The summed E-state index contributed by atoms with van der Waals surface area (Å²) in [5, 5.41) is 3.41. The van der Waals surface area contributed by atoms with Gasteiger partial charge in [-0.25, -0.2) is 0 Å². The third kappa shape index (κ3) is 4.36. The summed E-state index contributed by atoms with van der Waals surface area (Å²) in [5.74, 6) is 3.69. The van der Waals surface area contributed by atoms with Crippen LogP contribution in [0.2, 0.25) is 0 Å². The van der Waals surface area contributed by atoms with Crippen molar-refractivity contribution in [3.8, 4) is 0 Å².